The van der Waals surface area contributed by atoms with E-state index in [4.69, 9.17) is 14.3 Å². The van der Waals surface area contributed by atoms with Gasteiger partial charge in [-0.2, -0.15) is 13.2 Å². The molecule has 0 spiro atoms. The van der Waals surface area contributed by atoms with Crippen molar-refractivity contribution in [3.05, 3.63) is 48.6 Å². The Labute approximate surface area is 200 Å². The van der Waals surface area contributed by atoms with Gasteiger partial charge in [-0.15, -0.1) is 0 Å². The van der Waals surface area contributed by atoms with Crippen LogP contribution >= 0.6 is 0 Å². The van der Waals surface area contributed by atoms with Crippen LogP contribution in [0.1, 0.15) is 23.2 Å². The predicted octanol–water partition coefficient (Wildman–Crippen LogP) is 2.75. The van der Waals surface area contributed by atoms with Gasteiger partial charge in [-0.05, 0) is 31.0 Å². The molecule has 190 valence electrons. The summed E-state index contributed by atoms with van der Waals surface area (Å²) in [7, 11) is 3.63. The zero-order valence-corrected chi connectivity index (χ0v) is 19.4. The van der Waals surface area contributed by atoms with Gasteiger partial charge in [-0.3, -0.25) is 9.59 Å². The molecule has 2 amide bonds. The summed E-state index contributed by atoms with van der Waals surface area (Å²) in [5, 5.41) is 7.12. The second-order valence-electron chi connectivity index (χ2n) is 8.79. The maximum Gasteiger partial charge on any atom is 0.490 e. The van der Waals surface area contributed by atoms with Crippen molar-refractivity contribution in [2.24, 2.45) is 11.3 Å². The van der Waals surface area contributed by atoms with E-state index in [9.17, 15) is 22.8 Å². The highest BCUT2D eigenvalue weighted by Gasteiger charge is 2.54. The van der Waals surface area contributed by atoms with Gasteiger partial charge in [0.2, 0.25) is 5.91 Å². The summed E-state index contributed by atoms with van der Waals surface area (Å²) in [6.45, 7) is 2.57. The summed E-state index contributed by atoms with van der Waals surface area (Å²) < 4.78 is 36.8. The quantitative estimate of drug-likeness (QED) is 0.696. The van der Waals surface area contributed by atoms with E-state index >= 15 is 0 Å². The number of anilines is 1. The van der Waals surface area contributed by atoms with Crippen molar-refractivity contribution in [1.82, 2.24) is 14.8 Å². The Morgan fingerprint density at radius 2 is 1.91 bits per heavy atom. The molecule has 0 aromatic carbocycles. The smallest absolute Gasteiger partial charge is 0.475 e. The third-order valence-electron chi connectivity index (χ3n) is 6.29. The second-order valence-corrected chi connectivity index (χ2v) is 8.79. The summed E-state index contributed by atoms with van der Waals surface area (Å²) in [5.41, 5.74) is 0.0675. The molecular formula is C23H27F3N4O5. The van der Waals surface area contributed by atoms with Crippen LogP contribution in [0.2, 0.25) is 0 Å². The number of alkyl halides is 3. The first-order valence-electron chi connectivity index (χ1n) is 10.9. The first-order chi connectivity index (χ1) is 16.5. The van der Waals surface area contributed by atoms with E-state index in [2.05, 4.69) is 9.88 Å². The minimum absolute atomic E-state index is 0.0295. The number of nitrogens with zero attached hydrogens (tertiary/aromatic N) is 4. The number of fused-ring (bicyclic) bond motifs is 1. The molecule has 0 bridgehead atoms. The van der Waals surface area contributed by atoms with Crippen molar-refractivity contribution in [3.63, 3.8) is 0 Å². The Morgan fingerprint density at radius 3 is 2.46 bits per heavy atom. The van der Waals surface area contributed by atoms with Gasteiger partial charge >= 0.3 is 12.1 Å². The van der Waals surface area contributed by atoms with Gasteiger partial charge in [-0.1, -0.05) is 6.07 Å². The number of carboxylic acids is 1. The van der Waals surface area contributed by atoms with E-state index in [1.807, 2.05) is 37.2 Å². The van der Waals surface area contributed by atoms with Gasteiger partial charge in [-0.25, -0.2) is 9.78 Å². The lowest BCUT2D eigenvalue weighted by atomic mass is 9.74. The fraction of sp³-hybridized carbons (Fsp3) is 0.478. The summed E-state index contributed by atoms with van der Waals surface area (Å²) in [5.74, 6) is -1.70. The van der Waals surface area contributed by atoms with E-state index < -0.39 is 17.6 Å². The van der Waals surface area contributed by atoms with Gasteiger partial charge in [0.25, 0.3) is 5.91 Å². The highest BCUT2D eigenvalue weighted by atomic mass is 19.4. The van der Waals surface area contributed by atoms with Gasteiger partial charge in [0, 0.05) is 52.4 Å². The summed E-state index contributed by atoms with van der Waals surface area (Å²) in [6.07, 6.45) is 1.27. The molecule has 2 atom stereocenters. The topological polar surface area (TPSA) is 107 Å². The molecule has 2 aliphatic rings. The summed E-state index contributed by atoms with van der Waals surface area (Å²) in [6, 6.07) is 7.53. The molecular weight excluding hydrogens is 469 g/mol. The minimum atomic E-state index is -5.08. The highest BCUT2D eigenvalue weighted by Crippen LogP contribution is 2.45. The number of rotatable bonds is 3. The Hall–Kier alpha value is -3.57. The number of furan rings is 1. The Kier molecular flexibility index (Phi) is 7.71. The van der Waals surface area contributed by atoms with Crippen LogP contribution in [0, 0.1) is 11.3 Å². The fourth-order valence-corrected chi connectivity index (χ4v) is 4.70. The van der Waals surface area contributed by atoms with E-state index in [1.165, 1.54) is 12.5 Å². The zero-order chi connectivity index (χ0) is 25.8. The molecule has 0 aliphatic carbocycles. The number of halogens is 3. The standard InChI is InChI=1S/C21H26N4O3.C2HF3O2/c1-23(2)20(27)21-8-5-10-24(19(26)16-7-11-28-14-16)12-17(21)13-25(15-21)18-6-3-4-9-22-18;3-2(4,5)1(6)7/h3-4,6-7,9,11,14,17H,5,8,10,12-13,15H2,1-2H3;(H,6,7)/t17-,21-;/m0./s1. The first kappa shape index (κ1) is 26.0. The molecule has 2 saturated heterocycles. The highest BCUT2D eigenvalue weighted by molar-refractivity contribution is 5.94. The normalized spacial score (nSPS) is 21.9. The number of hydrogen-bond donors (Lipinski definition) is 1. The van der Waals surface area contributed by atoms with Crippen LogP contribution in [-0.4, -0.2) is 84.1 Å². The lowest BCUT2D eigenvalue weighted by Gasteiger charge is -2.34. The Morgan fingerprint density at radius 1 is 1.20 bits per heavy atom. The lowest BCUT2D eigenvalue weighted by molar-refractivity contribution is -0.192. The SMILES string of the molecule is CN(C)C(=O)[C@]12CCCN(C(=O)c3ccoc3)C[C@H]1CN(c1ccccn1)C2.O=C(O)C(F)(F)F. The molecule has 2 aromatic rings. The number of carbonyl (C=O) groups excluding carboxylic acids is 2. The maximum absolute atomic E-state index is 13.3. The third-order valence-corrected chi connectivity index (χ3v) is 6.29. The van der Waals surface area contributed by atoms with Crippen LogP contribution in [0.5, 0.6) is 0 Å². The van der Waals surface area contributed by atoms with Crippen molar-refractivity contribution in [2.75, 3.05) is 45.2 Å². The monoisotopic (exact) mass is 496 g/mol. The van der Waals surface area contributed by atoms with Crippen molar-refractivity contribution in [1.29, 1.82) is 0 Å². The molecule has 0 radical (unpaired) electrons. The number of aliphatic carboxylic acids is 1. The predicted molar refractivity (Wildman–Crippen MR) is 119 cm³/mol. The Balaban J connectivity index is 0.000000429. The largest absolute Gasteiger partial charge is 0.490 e. The first-order valence-corrected chi connectivity index (χ1v) is 10.9. The lowest BCUT2D eigenvalue weighted by Crippen LogP contribution is -2.47. The molecule has 1 N–H and O–H groups in total. The van der Waals surface area contributed by atoms with Crippen LogP contribution in [0.4, 0.5) is 19.0 Å². The molecule has 4 rings (SSSR count). The molecule has 0 unspecified atom stereocenters. The number of likely N-dealkylation sites (tertiary alicyclic amines) is 1. The van der Waals surface area contributed by atoms with Gasteiger partial charge in [0.05, 0.1) is 17.2 Å². The minimum Gasteiger partial charge on any atom is -0.475 e. The van der Waals surface area contributed by atoms with E-state index in [0.717, 1.165) is 18.7 Å². The average Bonchev–Trinajstić information content (AvgIpc) is 3.44. The summed E-state index contributed by atoms with van der Waals surface area (Å²) >= 11 is 0. The van der Waals surface area contributed by atoms with Crippen molar-refractivity contribution in [3.8, 4) is 0 Å². The number of hydrogen-bond acceptors (Lipinski definition) is 6. The third kappa shape index (κ3) is 5.75. The zero-order valence-electron chi connectivity index (χ0n) is 19.4. The number of pyridine rings is 1. The Bertz CT molecular complexity index is 1030. The maximum atomic E-state index is 13.3. The molecule has 2 aliphatic heterocycles. The molecule has 35 heavy (non-hydrogen) atoms. The average molecular weight is 496 g/mol. The molecule has 2 aromatic heterocycles. The van der Waals surface area contributed by atoms with E-state index in [1.54, 1.807) is 17.2 Å². The molecule has 4 heterocycles. The molecule has 2 fully saturated rings. The van der Waals surface area contributed by atoms with Crippen LogP contribution < -0.4 is 4.90 Å². The van der Waals surface area contributed by atoms with Gasteiger partial charge < -0.3 is 24.2 Å². The summed E-state index contributed by atoms with van der Waals surface area (Å²) in [4.78, 5) is 45.3. The van der Waals surface area contributed by atoms with E-state index in [-0.39, 0.29) is 17.7 Å². The fourth-order valence-electron chi connectivity index (χ4n) is 4.70. The van der Waals surface area contributed by atoms with Crippen LogP contribution in [0.15, 0.2) is 47.4 Å². The van der Waals surface area contributed by atoms with Crippen molar-refractivity contribution in [2.45, 2.75) is 19.0 Å². The van der Waals surface area contributed by atoms with E-state index in [0.29, 0.717) is 31.7 Å². The molecule has 12 heteroatoms. The van der Waals surface area contributed by atoms with Crippen LogP contribution in [0.25, 0.3) is 0 Å². The van der Waals surface area contributed by atoms with Crippen molar-refractivity contribution >= 4 is 23.6 Å². The van der Waals surface area contributed by atoms with Crippen molar-refractivity contribution < 1.29 is 37.1 Å². The van der Waals surface area contributed by atoms with Crippen LogP contribution in [-0.2, 0) is 9.59 Å². The number of aromatic nitrogens is 1. The number of carbonyl (C=O) groups is 3. The molecule has 9 nitrogen and oxygen atoms in total. The second kappa shape index (κ2) is 10.4. The van der Waals surface area contributed by atoms with Crippen LogP contribution in [0.3, 0.4) is 0 Å². The number of carboxylic acid groups (broad SMARTS) is 1. The van der Waals surface area contributed by atoms with Gasteiger partial charge in [0.1, 0.15) is 12.1 Å². The number of amides is 2. The molecule has 0 saturated carbocycles. The van der Waals surface area contributed by atoms with Gasteiger partial charge in [0.15, 0.2) is 0 Å².